The van der Waals surface area contributed by atoms with Crippen LogP contribution in [0.25, 0.3) is 0 Å². The molecule has 3 aliphatic heterocycles. The molecular weight excluding hydrogens is 563 g/mol. The second-order valence-electron chi connectivity index (χ2n) is 10.3. The Hall–Kier alpha value is -2.57. The molecule has 0 saturated carbocycles. The summed E-state index contributed by atoms with van der Waals surface area (Å²) in [5.41, 5.74) is -1.55. The predicted molar refractivity (Wildman–Crippen MR) is 134 cm³/mol. The zero-order valence-electron chi connectivity index (χ0n) is 21.3. The first-order valence-corrected chi connectivity index (χ1v) is 13.8. The van der Waals surface area contributed by atoms with Gasteiger partial charge in [-0.25, -0.2) is 4.39 Å². The van der Waals surface area contributed by atoms with Gasteiger partial charge in [-0.15, -0.1) is 11.8 Å². The highest BCUT2D eigenvalue weighted by molar-refractivity contribution is 8.00. The monoisotopic (exact) mass is 589 g/mol. The third-order valence-electron chi connectivity index (χ3n) is 7.62. The Labute approximate surface area is 230 Å². The van der Waals surface area contributed by atoms with Crippen LogP contribution in [0.15, 0.2) is 54.2 Å². The van der Waals surface area contributed by atoms with Crippen molar-refractivity contribution in [3.63, 3.8) is 0 Å². The van der Waals surface area contributed by atoms with Gasteiger partial charge >= 0.3 is 12.4 Å². The smallest absolute Gasteiger partial charge is 0.373 e. The minimum absolute atomic E-state index is 0.0264. The highest BCUT2D eigenvalue weighted by Gasteiger charge is 2.48. The average molecular weight is 590 g/mol. The van der Waals surface area contributed by atoms with Crippen molar-refractivity contribution in [3.8, 4) is 0 Å². The summed E-state index contributed by atoms with van der Waals surface area (Å²) >= 11 is 1.52. The summed E-state index contributed by atoms with van der Waals surface area (Å²) in [6.07, 6.45) is -10.5. The van der Waals surface area contributed by atoms with E-state index in [-0.39, 0.29) is 35.9 Å². The molecule has 3 aliphatic rings. The van der Waals surface area contributed by atoms with E-state index in [1.54, 1.807) is 18.2 Å². The van der Waals surface area contributed by atoms with E-state index in [0.717, 1.165) is 5.70 Å². The molecule has 0 spiro atoms. The van der Waals surface area contributed by atoms with E-state index < -0.39 is 47.6 Å². The van der Waals surface area contributed by atoms with Crippen LogP contribution in [0.1, 0.15) is 41.2 Å². The van der Waals surface area contributed by atoms with Crippen molar-refractivity contribution in [1.29, 1.82) is 0 Å². The fraction of sp³-hybridized carbons (Fsp3) is 0.464. The summed E-state index contributed by atoms with van der Waals surface area (Å²) < 4.78 is 107. The largest absolute Gasteiger partial charge is 0.416 e. The van der Waals surface area contributed by atoms with Gasteiger partial charge < -0.3 is 14.4 Å². The molecule has 0 N–H and O–H groups in total. The molecule has 216 valence electrons. The lowest BCUT2D eigenvalue weighted by Gasteiger charge is -2.40. The molecule has 2 fully saturated rings. The van der Waals surface area contributed by atoms with E-state index in [9.17, 15) is 35.5 Å². The van der Waals surface area contributed by atoms with Crippen LogP contribution in [0.3, 0.4) is 0 Å². The molecule has 0 radical (unpaired) electrons. The van der Waals surface area contributed by atoms with Gasteiger partial charge in [-0.2, -0.15) is 26.3 Å². The van der Waals surface area contributed by atoms with Gasteiger partial charge in [0.05, 0.1) is 29.6 Å². The molecule has 1 unspecified atom stereocenters. The number of benzene rings is 2. The maximum atomic E-state index is 13.8. The molecule has 3 heterocycles. The van der Waals surface area contributed by atoms with Gasteiger partial charge in [-0.1, -0.05) is 12.1 Å². The highest BCUT2D eigenvalue weighted by Crippen LogP contribution is 2.46. The maximum Gasteiger partial charge on any atom is 0.416 e. The maximum absolute atomic E-state index is 13.8. The fourth-order valence-corrected chi connectivity index (χ4v) is 6.51. The van der Waals surface area contributed by atoms with Crippen molar-refractivity contribution in [2.75, 3.05) is 31.2 Å². The number of fused-ring (bicyclic) bond motifs is 1. The fourth-order valence-electron chi connectivity index (χ4n) is 5.65. The van der Waals surface area contributed by atoms with E-state index in [4.69, 9.17) is 9.47 Å². The molecule has 5 rings (SSSR count). The van der Waals surface area contributed by atoms with Gasteiger partial charge in [0.2, 0.25) is 0 Å². The normalized spacial score (nSPS) is 26.4. The molecule has 0 amide bonds. The van der Waals surface area contributed by atoms with Crippen LogP contribution in [-0.2, 0) is 26.6 Å². The Morgan fingerprint density at radius 3 is 2.23 bits per heavy atom. The summed E-state index contributed by atoms with van der Waals surface area (Å²) in [5.74, 6) is 0.147. The van der Waals surface area contributed by atoms with Crippen molar-refractivity contribution in [2.24, 2.45) is 11.8 Å². The van der Waals surface area contributed by atoms with Crippen molar-refractivity contribution in [2.45, 2.75) is 37.6 Å². The third-order valence-corrected chi connectivity index (χ3v) is 8.61. The zero-order valence-corrected chi connectivity index (χ0v) is 22.1. The number of rotatable bonds is 5. The van der Waals surface area contributed by atoms with Crippen molar-refractivity contribution < 1.29 is 45.0 Å². The summed E-state index contributed by atoms with van der Waals surface area (Å²) in [6, 6.07) is 7.12. The number of carbonyl (C=O) groups is 1. The number of hydrogen-bond acceptors (Lipinski definition) is 5. The lowest BCUT2D eigenvalue weighted by Crippen LogP contribution is -2.42. The minimum Gasteiger partial charge on any atom is -0.373 e. The SMILES string of the molecule is C[C@@H](O[C@H]1OC[C@@H]2CN(C3=CC(=O)CSC3)CC2[C@@H]1c1ccc(F)cc1)c1cc(C(F)(F)F)cc(C(F)(F)F)c1. The highest BCUT2D eigenvalue weighted by atomic mass is 32.2. The van der Waals surface area contributed by atoms with Crippen LogP contribution in [-0.4, -0.2) is 48.2 Å². The Morgan fingerprint density at radius 1 is 0.975 bits per heavy atom. The molecular formula is C28H26F7NO3S. The van der Waals surface area contributed by atoms with E-state index in [1.807, 2.05) is 0 Å². The molecule has 5 atom stereocenters. The lowest BCUT2D eigenvalue weighted by molar-refractivity contribution is -0.217. The number of ketones is 1. The average Bonchev–Trinajstić information content (AvgIpc) is 3.32. The molecule has 0 aromatic heterocycles. The van der Waals surface area contributed by atoms with Crippen molar-refractivity contribution in [1.82, 2.24) is 4.90 Å². The Morgan fingerprint density at radius 2 is 1.62 bits per heavy atom. The number of nitrogens with zero attached hydrogens (tertiary/aromatic N) is 1. The first kappa shape index (κ1) is 28.9. The molecule has 40 heavy (non-hydrogen) atoms. The zero-order chi connectivity index (χ0) is 28.8. The molecule has 12 heteroatoms. The van der Waals surface area contributed by atoms with Gasteiger partial charge in [0.15, 0.2) is 12.1 Å². The number of thioether (sulfide) groups is 1. The lowest BCUT2D eigenvalue weighted by atomic mass is 9.77. The summed E-state index contributed by atoms with van der Waals surface area (Å²) in [5, 5.41) is 0. The third kappa shape index (κ3) is 6.18. The van der Waals surface area contributed by atoms with Crippen LogP contribution < -0.4 is 0 Å². The number of alkyl halides is 6. The van der Waals surface area contributed by atoms with Gasteiger partial charge in [0.1, 0.15) is 5.82 Å². The minimum atomic E-state index is -4.98. The second kappa shape index (κ2) is 11.0. The number of carbonyl (C=O) groups excluding carboxylic acids is 1. The van der Waals surface area contributed by atoms with Crippen molar-refractivity contribution >= 4 is 17.5 Å². The quantitative estimate of drug-likeness (QED) is 0.358. The van der Waals surface area contributed by atoms with E-state index in [1.165, 1.54) is 30.8 Å². The molecule has 2 aromatic carbocycles. The Bertz CT molecular complexity index is 1250. The van der Waals surface area contributed by atoms with Crippen LogP contribution in [0.4, 0.5) is 30.7 Å². The number of allylic oxidation sites excluding steroid dienone is 1. The summed E-state index contributed by atoms with van der Waals surface area (Å²) in [4.78, 5) is 14.1. The first-order valence-electron chi connectivity index (χ1n) is 12.7. The van der Waals surface area contributed by atoms with E-state index in [0.29, 0.717) is 42.3 Å². The van der Waals surface area contributed by atoms with Gasteiger partial charge in [-0.3, -0.25) is 4.79 Å². The Kier molecular flexibility index (Phi) is 7.97. The number of likely N-dealkylation sites (tertiary alicyclic amines) is 1. The molecule has 2 saturated heterocycles. The van der Waals surface area contributed by atoms with Gasteiger partial charge in [0, 0.05) is 42.5 Å². The summed E-state index contributed by atoms with van der Waals surface area (Å²) in [6.45, 7) is 2.79. The van der Waals surface area contributed by atoms with Gasteiger partial charge in [0.25, 0.3) is 0 Å². The van der Waals surface area contributed by atoms with E-state index >= 15 is 0 Å². The summed E-state index contributed by atoms with van der Waals surface area (Å²) in [7, 11) is 0. The number of halogens is 7. The second-order valence-corrected chi connectivity index (χ2v) is 11.3. The number of hydrogen-bond donors (Lipinski definition) is 0. The number of ether oxygens (including phenoxy) is 2. The molecule has 4 nitrogen and oxygen atoms in total. The topological polar surface area (TPSA) is 38.8 Å². The van der Waals surface area contributed by atoms with Gasteiger partial charge in [-0.05, 0) is 54.3 Å². The standard InChI is InChI=1S/C28H26F7NO3S/c1-15(17-6-19(27(30,31)32)8-20(7-17)28(33,34)35)39-26-25(16-2-4-21(29)5-3-16)24-11-36(10-18(24)12-38-26)22-9-23(37)14-40-13-22/h2-9,15,18,24-26H,10-14H2,1H3/t15-,18+,24?,25+,26-/m1/s1. The molecule has 0 aliphatic carbocycles. The molecule has 0 bridgehead atoms. The van der Waals surface area contributed by atoms with Crippen LogP contribution in [0.5, 0.6) is 0 Å². The van der Waals surface area contributed by atoms with Crippen LogP contribution >= 0.6 is 11.8 Å². The van der Waals surface area contributed by atoms with E-state index in [2.05, 4.69) is 4.90 Å². The first-order chi connectivity index (χ1) is 18.8. The van der Waals surface area contributed by atoms with Crippen LogP contribution in [0.2, 0.25) is 0 Å². The Balaban J connectivity index is 1.45. The van der Waals surface area contributed by atoms with Crippen LogP contribution in [0, 0.1) is 17.7 Å². The predicted octanol–water partition coefficient (Wildman–Crippen LogP) is 6.83. The molecule has 2 aromatic rings. The van der Waals surface area contributed by atoms with Crippen molar-refractivity contribution in [3.05, 3.63) is 82.3 Å².